The van der Waals surface area contributed by atoms with Crippen LogP contribution in [0.4, 0.5) is 5.69 Å². The normalized spacial score (nSPS) is 13.2. The Morgan fingerprint density at radius 3 is 2.45 bits per heavy atom. The molecule has 29 heavy (non-hydrogen) atoms. The quantitative estimate of drug-likeness (QED) is 0.319. The van der Waals surface area contributed by atoms with Gasteiger partial charge in [0.05, 0.1) is 16.6 Å². The maximum Gasteiger partial charge on any atom is 0.331 e. The van der Waals surface area contributed by atoms with Gasteiger partial charge in [0.15, 0.2) is 11.5 Å². The summed E-state index contributed by atoms with van der Waals surface area (Å²) in [5.74, 6) is -0.626. The van der Waals surface area contributed by atoms with Crippen LogP contribution in [0.1, 0.15) is 17.2 Å². The molecular weight excluding hydrogens is 380 g/mol. The molecule has 0 bridgehead atoms. The van der Waals surface area contributed by atoms with Gasteiger partial charge in [0.2, 0.25) is 12.9 Å². The zero-order chi connectivity index (χ0) is 21.0. The van der Waals surface area contributed by atoms with Gasteiger partial charge >= 0.3 is 5.97 Å². The predicted octanol–water partition coefficient (Wildman–Crippen LogP) is 2.71. The number of ether oxygens (including phenoxy) is 3. The van der Waals surface area contributed by atoms with E-state index in [2.05, 4.69) is 0 Å². The van der Waals surface area contributed by atoms with Crippen molar-refractivity contribution in [2.45, 2.75) is 6.10 Å². The van der Waals surface area contributed by atoms with E-state index in [4.69, 9.17) is 14.2 Å². The molecular formula is C20H18N2O7. The first-order chi connectivity index (χ1) is 13.9. The van der Waals surface area contributed by atoms with E-state index in [0.717, 1.165) is 6.08 Å². The third-order valence-electron chi connectivity index (χ3n) is 4.12. The fourth-order valence-electron chi connectivity index (χ4n) is 2.68. The van der Waals surface area contributed by atoms with E-state index < -0.39 is 22.9 Å². The summed E-state index contributed by atoms with van der Waals surface area (Å²) in [6.45, 7) is -0.0346. The molecule has 1 aliphatic heterocycles. The number of amides is 1. The van der Waals surface area contributed by atoms with Gasteiger partial charge in [-0.05, 0) is 12.1 Å². The number of nitro benzene ring substituents is 1. The average Bonchev–Trinajstić information content (AvgIpc) is 3.17. The topological polar surface area (TPSA) is 108 Å². The summed E-state index contributed by atoms with van der Waals surface area (Å²) in [7, 11) is 3.11. The molecule has 2 aromatic rings. The lowest BCUT2D eigenvalue weighted by molar-refractivity contribution is -0.385. The van der Waals surface area contributed by atoms with E-state index >= 15 is 0 Å². The Hall–Kier alpha value is -3.88. The van der Waals surface area contributed by atoms with Crippen LogP contribution < -0.4 is 9.47 Å². The summed E-state index contributed by atoms with van der Waals surface area (Å²) < 4.78 is 15.7. The number of carbonyl (C=O) groups is 2. The van der Waals surface area contributed by atoms with Crippen LogP contribution in [0.3, 0.4) is 0 Å². The van der Waals surface area contributed by atoms with Crippen LogP contribution in [0, 0.1) is 10.1 Å². The predicted molar refractivity (Wildman–Crippen MR) is 102 cm³/mol. The van der Waals surface area contributed by atoms with Gasteiger partial charge in [0, 0.05) is 25.7 Å². The number of benzene rings is 2. The monoisotopic (exact) mass is 398 g/mol. The molecule has 0 saturated carbocycles. The first-order valence-electron chi connectivity index (χ1n) is 8.59. The van der Waals surface area contributed by atoms with Gasteiger partial charge in [-0.1, -0.05) is 30.3 Å². The van der Waals surface area contributed by atoms with Crippen molar-refractivity contribution >= 4 is 23.6 Å². The Kier molecular flexibility index (Phi) is 5.77. The van der Waals surface area contributed by atoms with Crippen LogP contribution in [-0.4, -0.2) is 42.6 Å². The van der Waals surface area contributed by atoms with Crippen molar-refractivity contribution in [2.24, 2.45) is 0 Å². The van der Waals surface area contributed by atoms with Crippen LogP contribution in [0.5, 0.6) is 11.5 Å². The van der Waals surface area contributed by atoms with Gasteiger partial charge in [-0.3, -0.25) is 14.9 Å². The number of rotatable bonds is 6. The molecule has 0 unspecified atom stereocenters. The number of esters is 1. The number of hydrogen-bond donors (Lipinski definition) is 0. The SMILES string of the molecule is CN(C)C(=O)[C@H](OC(=O)/C=C/c1cc2c(cc1[N+](=O)[O-])OCO2)c1ccccc1. The molecule has 1 heterocycles. The summed E-state index contributed by atoms with van der Waals surface area (Å²) in [5, 5.41) is 11.3. The maximum absolute atomic E-state index is 12.4. The van der Waals surface area contributed by atoms with Crippen molar-refractivity contribution in [3.05, 3.63) is 69.8 Å². The summed E-state index contributed by atoms with van der Waals surface area (Å²) in [5.41, 5.74) is 0.413. The van der Waals surface area contributed by atoms with Gasteiger partial charge in [-0.25, -0.2) is 4.79 Å². The van der Waals surface area contributed by atoms with Crippen LogP contribution in [-0.2, 0) is 14.3 Å². The number of likely N-dealkylation sites (N-methyl/N-ethyl adjacent to an activating group) is 1. The number of carbonyl (C=O) groups excluding carboxylic acids is 2. The van der Waals surface area contributed by atoms with Gasteiger partial charge in [0.25, 0.3) is 11.6 Å². The van der Waals surface area contributed by atoms with Crippen molar-refractivity contribution in [2.75, 3.05) is 20.9 Å². The lowest BCUT2D eigenvalue weighted by Crippen LogP contribution is -2.30. The highest BCUT2D eigenvalue weighted by Crippen LogP contribution is 2.38. The highest BCUT2D eigenvalue weighted by atomic mass is 16.7. The Morgan fingerprint density at radius 1 is 1.17 bits per heavy atom. The van der Waals surface area contributed by atoms with Crippen molar-refractivity contribution in [3.63, 3.8) is 0 Å². The molecule has 1 aliphatic rings. The van der Waals surface area contributed by atoms with E-state index in [-0.39, 0.29) is 23.8 Å². The van der Waals surface area contributed by atoms with Crippen LogP contribution in [0.2, 0.25) is 0 Å². The Balaban J connectivity index is 1.83. The van der Waals surface area contributed by atoms with Crippen molar-refractivity contribution in [3.8, 4) is 11.5 Å². The summed E-state index contributed by atoms with van der Waals surface area (Å²) >= 11 is 0. The minimum Gasteiger partial charge on any atom is -0.454 e. The molecule has 0 aromatic heterocycles. The van der Waals surface area contributed by atoms with Gasteiger partial charge in [-0.2, -0.15) is 0 Å². The van der Waals surface area contributed by atoms with Crippen molar-refractivity contribution in [1.29, 1.82) is 0 Å². The molecule has 0 radical (unpaired) electrons. The molecule has 1 atom stereocenters. The molecule has 150 valence electrons. The molecule has 0 saturated heterocycles. The maximum atomic E-state index is 12.4. The molecule has 0 spiro atoms. The van der Waals surface area contributed by atoms with Gasteiger partial charge in [0.1, 0.15) is 0 Å². The van der Waals surface area contributed by atoms with Gasteiger partial charge < -0.3 is 19.1 Å². The largest absolute Gasteiger partial charge is 0.454 e. The number of nitro groups is 1. The fourth-order valence-corrected chi connectivity index (χ4v) is 2.68. The molecule has 0 fully saturated rings. The summed E-state index contributed by atoms with van der Waals surface area (Å²) in [4.78, 5) is 36.8. The van der Waals surface area contributed by atoms with Crippen LogP contribution in [0.15, 0.2) is 48.5 Å². The minimum atomic E-state index is -1.13. The second kappa shape index (κ2) is 8.42. The minimum absolute atomic E-state index is 0.0346. The first kappa shape index (κ1) is 19.9. The highest BCUT2D eigenvalue weighted by molar-refractivity contribution is 5.91. The third kappa shape index (κ3) is 4.52. The standard InChI is InChI=1S/C20H18N2O7/c1-21(2)20(24)19(13-6-4-3-5-7-13)29-18(23)9-8-14-10-16-17(28-12-27-16)11-15(14)22(25)26/h3-11,19H,12H2,1-2H3/b9-8+/t19-/m1/s1. The Bertz CT molecular complexity index is 970. The number of fused-ring (bicyclic) bond motifs is 1. The average molecular weight is 398 g/mol. The van der Waals surface area contributed by atoms with E-state index in [1.165, 1.54) is 23.1 Å². The second-order valence-electron chi connectivity index (χ2n) is 6.32. The van der Waals surface area contributed by atoms with E-state index in [1.807, 2.05) is 0 Å². The van der Waals surface area contributed by atoms with E-state index in [1.54, 1.807) is 44.4 Å². The molecule has 3 rings (SSSR count). The van der Waals surface area contributed by atoms with Crippen LogP contribution in [0.25, 0.3) is 6.08 Å². The Morgan fingerprint density at radius 2 is 1.83 bits per heavy atom. The molecule has 1 amide bonds. The zero-order valence-corrected chi connectivity index (χ0v) is 15.7. The second-order valence-corrected chi connectivity index (χ2v) is 6.32. The summed E-state index contributed by atoms with van der Waals surface area (Å²) in [6, 6.07) is 11.2. The lowest BCUT2D eigenvalue weighted by Gasteiger charge is -2.20. The number of hydrogen-bond acceptors (Lipinski definition) is 7. The van der Waals surface area contributed by atoms with Crippen LogP contribution >= 0.6 is 0 Å². The highest BCUT2D eigenvalue weighted by Gasteiger charge is 2.26. The number of nitrogens with zero attached hydrogens (tertiary/aromatic N) is 2. The van der Waals surface area contributed by atoms with E-state index in [0.29, 0.717) is 11.3 Å². The lowest BCUT2D eigenvalue weighted by atomic mass is 10.1. The molecule has 9 heteroatoms. The molecule has 0 aliphatic carbocycles. The molecule has 0 N–H and O–H groups in total. The van der Waals surface area contributed by atoms with Crippen molar-refractivity contribution < 1.29 is 28.7 Å². The fraction of sp³-hybridized carbons (Fsp3) is 0.200. The summed E-state index contributed by atoms with van der Waals surface area (Å²) in [6.07, 6.45) is 1.14. The van der Waals surface area contributed by atoms with Gasteiger partial charge in [-0.15, -0.1) is 0 Å². The first-order valence-corrected chi connectivity index (χ1v) is 8.59. The zero-order valence-electron chi connectivity index (χ0n) is 15.7. The Labute approximate surface area is 166 Å². The van der Waals surface area contributed by atoms with E-state index in [9.17, 15) is 19.7 Å². The molecule has 9 nitrogen and oxygen atoms in total. The third-order valence-corrected chi connectivity index (χ3v) is 4.12. The van der Waals surface area contributed by atoms with Crippen molar-refractivity contribution in [1.82, 2.24) is 4.90 Å². The molecule has 2 aromatic carbocycles. The smallest absolute Gasteiger partial charge is 0.331 e.